The minimum Gasteiger partial charge on any atom is -0.491 e. The minimum absolute atomic E-state index is 0.128. The van der Waals surface area contributed by atoms with Gasteiger partial charge in [-0.1, -0.05) is 37.3 Å². The Balaban J connectivity index is 1.61. The van der Waals surface area contributed by atoms with Gasteiger partial charge in [0.25, 0.3) is 0 Å². The lowest BCUT2D eigenvalue weighted by molar-refractivity contribution is 0.0888. The first kappa shape index (κ1) is 25.5. The first-order valence-electron chi connectivity index (χ1n) is 10.6. The van der Waals surface area contributed by atoms with E-state index >= 15 is 0 Å². The number of aliphatic hydroxyl groups is 2. The number of aryl methyl sites for hydroxylation is 1. The van der Waals surface area contributed by atoms with Gasteiger partial charge < -0.3 is 19.7 Å². The van der Waals surface area contributed by atoms with E-state index in [0.29, 0.717) is 18.0 Å². The van der Waals surface area contributed by atoms with Gasteiger partial charge in [-0.3, -0.25) is 0 Å². The fraction of sp³-hybridized carbons (Fsp3) is 0.417. The summed E-state index contributed by atoms with van der Waals surface area (Å²) in [4.78, 5) is 0. The molecule has 0 aliphatic rings. The number of hydrogen-bond donors (Lipinski definition) is 2. The molecule has 0 radical (unpaired) electrons. The molecule has 2 atom stereocenters. The number of benzene rings is 2. The number of halogens is 2. The summed E-state index contributed by atoms with van der Waals surface area (Å²) in [5, 5.41) is 27.6. The smallest absolute Gasteiger partial charge is 0.133 e. The molecule has 178 valence electrons. The van der Waals surface area contributed by atoms with E-state index < -0.39 is 12.2 Å². The molecule has 0 aliphatic carbocycles. The molecule has 0 spiro atoms. The predicted octanol–water partition coefficient (Wildman–Crippen LogP) is 4.09. The van der Waals surface area contributed by atoms with Gasteiger partial charge in [-0.05, 0) is 58.2 Å². The van der Waals surface area contributed by atoms with Crippen molar-refractivity contribution in [1.82, 2.24) is 15.0 Å². The van der Waals surface area contributed by atoms with E-state index in [2.05, 4.69) is 40.1 Å². The van der Waals surface area contributed by atoms with E-state index in [9.17, 15) is 10.2 Å². The van der Waals surface area contributed by atoms with Crippen LogP contribution in [0.15, 0.2) is 53.1 Å². The number of aromatic nitrogens is 3. The molecule has 3 aromatic rings. The van der Waals surface area contributed by atoms with Crippen LogP contribution in [0, 0.1) is 6.92 Å². The van der Waals surface area contributed by atoms with E-state index in [1.807, 2.05) is 49.4 Å². The Morgan fingerprint density at radius 3 is 2.30 bits per heavy atom. The van der Waals surface area contributed by atoms with Gasteiger partial charge in [-0.15, -0.1) is 16.7 Å². The molecule has 3 rings (SSSR count). The summed E-state index contributed by atoms with van der Waals surface area (Å²) in [5.41, 5.74) is 2.76. The quantitative estimate of drug-likeness (QED) is 0.358. The summed E-state index contributed by atoms with van der Waals surface area (Å²) in [6.07, 6.45) is 0.384. The van der Waals surface area contributed by atoms with Crippen LogP contribution in [-0.2, 0) is 12.0 Å². The average molecular weight is 539 g/mol. The van der Waals surface area contributed by atoms with Crippen LogP contribution < -0.4 is 9.47 Å². The van der Waals surface area contributed by atoms with Crippen LogP contribution in [0.25, 0.3) is 0 Å². The summed E-state index contributed by atoms with van der Waals surface area (Å²) in [6, 6.07) is 13.8. The molecule has 7 nitrogen and oxygen atoms in total. The Bertz CT molecular complexity index is 1040. The molecule has 2 unspecified atom stereocenters. The molecule has 2 aromatic carbocycles. The van der Waals surface area contributed by atoms with Gasteiger partial charge in [-0.25, -0.2) is 4.68 Å². The zero-order chi connectivity index (χ0) is 24.0. The van der Waals surface area contributed by atoms with Gasteiger partial charge in [-0.2, -0.15) is 0 Å². The normalized spacial score (nSPS) is 13.5. The number of nitrogens with zero attached hydrogens (tertiary/aromatic N) is 3. The van der Waals surface area contributed by atoms with Crippen molar-refractivity contribution in [2.24, 2.45) is 0 Å². The molecule has 0 fully saturated rings. The van der Waals surface area contributed by atoms with Crippen LogP contribution in [-0.4, -0.2) is 56.5 Å². The molecule has 1 aromatic heterocycles. The summed E-state index contributed by atoms with van der Waals surface area (Å²) in [5.74, 6) is 1.47. The molecule has 0 aliphatic heterocycles. The maximum Gasteiger partial charge on any atom is 0.133 e. The number of aliphatic hydroxyl groups excluding tert-OH is 2. The van der Waals surface area contributed by atoms with Crippen LogP contribution in [0.2, 0.25) is 0 Å². The monoisotopic (exact) mass is 537 g/mol. The van der Waals surface area contributed by atoms with Crippen molar-refractivity contribution in [3.8, 4) is 11.5 Å². The highest BCUT2D eigenvalue weighted by molar-refractivity contribution is 9.10. The summed E-state index contributed by atoms with van der Waals surface area (Å²) >= 11 is 9.18. The van der Waals surface area contributed by atoms with E-state index in [-0.39, 0.29) is 24.5 Å². The predicted molar refractivity (Wildman–Crippen MR) is 131 cm³/mol. The third-order valence-electron chi connectivity index (χ3n) is 5.33. The Labute approximate surface area is 207 Å². The Morgan fingerprint density at radius 2 is 1.70 bits per heavy atom. The molecule has 9 heteroatoms. The zero-order valence-electron chi connectivity index (χ0n) is 18.9. The van der Waals surface area contributed by atoms with E-state index in [1.54, 1.807) is 10.9 Å². The van der Waals surface area contributed by atoms with Crippen molar-refractivity contribution in [3.05, 3.63) is 70.0 Å². The van der Waals surface area contributed by atoms with Crippen LogP contribution >= 0.6 is 27.5 Å². The zero-order valence-corrected chi connectivity index (χ0v) is 21.3. The van der Waals surface area contributed by atoms with E-state index in [4.69, 9.17) is 21.1 Å². The van der Waals surface area contributed by atoms with Crippen molar-refractivity contribution in [3.63, 3.8) is 0 Å². The molecule has 33 heavy (non-hydrogen) atoms. The fourth-order valence-electron chi connectivity index (χ4n) is 3.32. The highest BCUT2D eigenvalue weighted by Crippen LogP contribution is 2.36. The van der Waals surface area contributed by atoms with Crippen LogP contribution in [0.1, 0.15) is 30.7 Å². The van der Waals surface area contributed by atoms with Crippen molar-refractivity contribution >= 4 is 27.5 Å². The summed E-state index contributed by atoms with van der Waals surface area (Å²) in [7, 11) is 0. The number of ether oxygens (including phenoxy) is 2. The first-order chi connectivity index (χ1) is 15.7. The second-order valence-electron chi connectivity index (χ2n) is 8.46. The first-order valence-corrected chi connectivity index (χ1v) is 12.0. The standard InChI is InChI=1S/C24H29BrClN3O4/c1-16-12-29(28-27-16)13-20(31)15-32-21-7-4-17(5-8-21)24(2,3)18-6-9-23(22(25)10-18)33-14-19(30)11-26/h4-10,12,19-20,30-31H,11,13-15H2,1-3H3. The lowest BCUT2D eigenvalue weighted by Crippen LogP contribution is -2.24. The third-order valence-corrected chi connectivity index (χ3v) is 6.31. The van der Waals surface area contributed by atoms with E-state index in [0.717, 1.165) is 21.3 Å². The third kappa shape index (κ3) is 6.93. The minimum atomic E-state index is -0.705. The Morgan fingerprint density at radius 1 is 1.03 bits per heavy atom. The second-order valence-corrected chi connectivity index (χ2v) is 9.62. The average Bonchev–Trinajstić information content (AvgIpc) is 3.21. The Kier molecular flexibility index (Phi) is 8.75. The van der Waals surface area contributed by atoms with Gasteiger partial charge in [0, 0.05) is 11.6 Å². The van der Waals surface area contributed by atoms with Crippen molar-refractivity contribution < 1.29 is 19.7 Å². The topological polar surface area (TPSA) is 89.6 Å². The van der Waals surface area contributed by atoms with Gasteiger partial charge in [0.05, 0.1) is 22.6 Å². The fourth-order valence-corrected chi connectivity index (χ4v) is 3.90. The van der Waals surface area contributed by atoms with E-state index in [1.165, 1.54) is 0 Å². The van der Waals surface area contributed by atoms with Crippen molar-refractivity contribution in [1.29, 1.82) is 0 Å². The molecule has 2 N–H and O–H groups in total. The van der Waals surface area contributed by atoms with Gasteiger partial charge in [0.15, 0.2) is 0 Å². The summed E-state index contributed by atoms with van der Waals surface area (Å²) < 4.78 is 13.8. The highest BCUT2D eigenvalue weighted by atomic mass is 79.9. The van der Waals surface area contributed by atoms with Gasteiger partial charge in [0.2, 0.25) is 0 Å². The Hall–Kier alpha value is -2.13. The number of alkyl halides is 1. The molecular formula is C24H29BrClN3O4. The van der Waals surface area contributed by atoms with Crippen molar-refractivity contribution in [2.75, 3.05) is 19.1 Å². The lowest BCUT2D eigenvalue weighted by atomic mass is 9.78. The lowest BCUT2D eigenvalue weighted by Gasteiger charge is -2.27. The summed E-state index contributed by atoms with van der Waals surface area (Å²) in [6.45, 7) is 6.77. The molecule has 0 amide bonds. The molecule has 0 bridgehead atoms. The van der Waals surface area contributed by atoms with Crippen LogP contribution in [0.5, 0.6) is 11.5 Å². The van der Waals surface area contributed by atoms with Gasteiger partial charge in [0.1, 0.15) is 36.9 Å². The van der Waals surface area contributed by atoms with Crippen LogP contribution in [0.4, 0.5) is 0 Å². The van der Waals surface area contributed by atoms with Crippen molar-refractivity contribution in [2.45, 2.75) is 44.9 Å². The van der Waals surface area contributed by atoms with Gasteiger partial charge >= 0.3 is 0 Å². The maximum absolute atomic E-state index is 10.2. The molecule has 0 saturated carbocycles. The molecular weight excluding hydrogens is 510 g/mol. The number of rotatable bonds is 11. The number of hydrogen-bond acceptors (Lipinski definition) is 6. The maximum atomic E-state index is 10.2. The SMILES string of the molecule is Cc1cn(CC(O)COc2ccc(C(C)(C)c3ccc(OCC(O)CCl)c(Br)c3)cc2)nn1. The second kappa shape index (κ2) is 11.3. The molecule has 0 saturated heterocycles. The highest BCUT2D eigenvalue weighted by Gasteiger charge is 2.24. The van der Waals surface area contributed by atoms with Crippen LogP contribution in [0.3, 0.4) is 0 Å². The largest absolute Gasteiger partial charge is 0.491 e. The molecule has 1 heterocycles.